The molecule has 0 atom stereocenters. The van der Waals surface area contributed by atoms with Gasteiger partial charge in [-0.3, -0.25) is 4.79 Å². The van der Waals surface area contributed by atoms with Crippen LogP contribution in [0.2, 0.25) is 0 Å². The first kappa shape index (κ1) is 16.4. The third kappa shape index (κ3) is 5.35. The van der Waals surface area contributed by atoms with Crippen LogP contribution in [0.3, 0.4) is 0 Å². The number of carbonyl (C=O) groups excluding carboxylic acids is 2. The number of nitrogens with one attached hydrogen (secondary N) is 2. The van der Waals surface area contributed by atoms with E-state index in [9.17, 15) is 9.59 Å². The lowest BCUT2D eigenvalue weighted by Crippen LogP contribution is -2.27. The van der Waals surface area contributed by atoms with E-state index in [1.807, 2.05) is 18.2 Å². The van der Waals surface area contributed by atoms with Crippen LogP contribution >= 0.6 is 0 Å². The number of amides is 3. The first-order valence-electron chi connectivity index (χ1n) is 7.10. The molecule has 0 unspecified atom stereocenters. The van der Waals surface area contributed by atoms with E-state index >= 15 is 0 Å². The molecule has 2 rings (SSSR count). The van der Waals surface area contributed by atoms with Crippen molar-refractivity contribution >= 4 is 23.3 Å². The molecule has 0 aromatic heterocycles. The van der Waals surface area contributed by atoms with Gasteiger partial charge in [0.25, 0.3) is 5.91 Å². The molecule has 0 aliphatic carbocycles. The number of anilines is 2. The number of rotatable bonds is 5. The number of urea groups is 1. The molecule has 23 heavy (non-hydrogen) atoms. The Hall–Kier alpha value is -3.02. The number of carbonyl (C=O) groups is 2. The quantitative estimate of drug-likeness (QED) is 0.891. The predicted molar refractivity (Wildman–Crippen MR) is 89.7 cm³/mol. The molecule has 0 saturated carbocycles. The molecule has 6 nitrogen and oxygen atoms in total. The van der Waals surface area contributed by atoms with Crippen LogP contribution in [0, 0.1) is 0 Å². The lowest BCUT2D eigenvalue weighted by molar-refractivity contribution is -0.118. The third-order valence-electron chi connectivity index (χ3n) is 2.94. The first-order valence-corrected chi connectivity index (χ1v) is 7.10. The predicted octanol–water partition coefficient (Wildman–Crippen LogP) is 2.80. The van der Waals surface area contributed by atoms with Crippen molar-refractivity contribution in [1.82, 2.24) is 4.90 Å². The summed E-state index contributed by atoms with van der Waals surface area (Å²) < 4.78 is 5.41. The van der Waals surface area contributed by atoms with Crippen molar-refractivity contribution in [2.45, 2.75) is 0 Å². The Bertz CT molecular complexity index is 655. The molecule has 0 fully saturated rings. The van der Waals surface area contributed by atoms with Crippen LogP contribution in [0.5, 0.6) is 5.75 Å². The second-order valence-electron chi connectivity index (χ2n) is 5.05. The van der Waals surface area contributed by atoms with Gasteiger partial charge >= 0.3 is 6.03 Å². The highest BCUT2D eigenvalue weighted by atomic mass is 16.5. The van der Waals surface area contributed by atoms with Crippen molar-refractivity contribution in [2.75, 3.05) is 31.3 Å². The van der Waals surface area contributed by atoms with Gasteiger partial charge in [-0.25, -0.2) is 4.79 Å². The molecule has 0 aliphatic heterocycles. The summed E-state index contributed by atoms with van der Waals surface area (Å²) in [6.45, 7) is -0.0850. The lowest BCUT2D eigenvalue weighted by atomic mass is 10.3. The zero-order valence-electron chi connectivity index (χ0n) is 13.1. The van der Waals surface area contributed by atoms with Gasteiger partial charge in [0.1, 0.15) is 5.75 Å². The molecule has 2 aromatic carbocycles. The summed E-state index contributed by atoms with van der Waals surface area (Å²) in [5, 5.41) is 5.45. The smallest absolute Gasteiger partial charge is 0.321 e. The minimum atomic E-state index is -0.235. The summed E-state index contributed by atoms with van der Waals surface area (Å²) in [6, 6.07) is 15.8. The van der Waals surface area contributed by atoms with Crippen molar-refractivity contribution in [3.63, 3.8) is 0 Å². The Kier molecular flexibility index (Phi) is 5.57. The Balaban J connectivity index is 1.82. The Morgan fingerprint density at radius 1 is 0.913 bits per heavy atom. The summed E-state index contributed by atoms with van der Waals surface area (Å²) in [7, 11) is 3.33. The third-order valence-corrected chi connectivity index (χ3v) is 2.94. The molecule has 3 amide bonds. The molecule has 0 bridgehead atoms. The van der Waals surface area contributed by atoms with E-state index in [0.717, 1.165) is 5.69 Å². The first-order chi connectivity index (χ1) is 11.0. The standard InChI is InChI=1S/C17H19N3O3/c1-20(2)17(22)19-14-8-10-15(11-9-14)23-12-16(21)18-13-6-4-3-5-7-13/h3-11H,12H2,1-2H3,(H,18,21)(H,19,22). The monoisotopic (exact) mass is 313 g/mol. The Morgan fingerprint density at radius 2 is 1.52 bits per heavy atom. The number of hydrogen-bond donors (Lipinski definition) is 2. The van der Waals surface area contributed by atoms with Crippen LogP contribution in [0.1, 0.15) is 0 Å². The highest BCUT2D eigenvalue weighted by Crippen LogP contribution is 2.16. The average Bonchev–Trinajstić information content (AvgIpc) is 2.55. The highest BCUT2D eigenvalue weighted by molar-refractivity contribution is 5.92. The topological polar surface area (TPSA) is 70.7 Å². The van der Waals surface area contributed by atoms with Gasteiger partial charge in [0, 0.05) is 25.5 Å². The SMILES string of the molecule is CN(C)C(=O)Nc1ccc(OCC(=O)Nc2ccccc2)cc1. The minimum Gasteiger partial charge on any atom is -0.484 e. The molecule has 0 aliphatic rings. The molecule has 0 spiro atoms. The van der Waals surface area contributed by atoms with Crippen LogP contribution in [0.4, 0.5) is 16.2 Å². The molecular weight excluding hydrogens is 294 g/mol. The van der Waals surface area contributed by atoms with Gasteiger partial charge in [-0.15, -0.1) is 0 Å². The van der Waals surface area contributed by atoms with Gasteiger partial charge in [0.2, 0.25) is 0 Å². The van der Waals surface area contributed by atoms with E-state index in [-0.39, 0.29) is 18.5 Å². The number of ether oxygens (including phenoxy) is 1. The van der Waals surface area contributed by atoms with Crippen LogP contribution in [-0.4, -0.2) is 37.5 Å². The summed E-state index contributed by atoms with van der Waals surface area (Å²) >= 11 is 0. The van der Waals surface area contributed by atoms with Crippen molar-refractivity contribution in [3.8, 4) is 5.75 Å². The number of hydrogen-bond acceptors (Lipinski definition) is 3. The average molecular weight is 313 g/mol. The summed E-state index contributed by atoms with van der Waals surface area (Å²) in [4.78, 5) is 24.7. The van der Waals surface area contributed by atoms with E-state index < -0.39 is 0 Å². The number of para-hydroxylation sites is 1. The summed E-state index contributed by atoms with van der Waals surface area (Å²) in [6.07, 6.45) is 0. The fourth-order valence-electron chi connectivity index (χ4n) is 1.74. The van der Waals surface area contributed by atoms with Crippen LogP contribution in [-0.2, 0) is 4.79 Å². The van der Waals surface area contributed by atoms with E-state index in [0.29, 0.717) is 11.4 Å². The van der Waals surface area contributed by atoms with Gasteiger partial charge in [0.05, 0.1) is 0 Å². The summed E-state index contributed by atoms with van der Waals surface area (Å²) in [5.74, 6) is 0.317. The maximum Gasteiger partial charge on any atom is 0.321 e. The lowest BCUT2D eigenvalue weighted by Gasteiger charge is -2.12. The molecule has 0 radical (unpaired) electrons. The van der Waals surface area contributed by atoms with Gasteiger partial charge in [-0.1, -0.05) is 18.2 Å². The van der Waals surface area contributed by atoms with Gasteiger partial charge in [-0.05, 0) is 36.4 Å². The fourth-order valence-corrected chi connectivity index (χ4v) is 1.74. The van der Waals surface area contributed by atoms with E-state index in [4.69, 9.17) is 4.74 Å². The molecule has 2 aromatic rings. The maximum absolute atomic E-state index is 11.8. The molecular formula is C17H19N3O3. The van der Waals surface area contributed by atoms with E-state index in [1.54, 1.807) is 50.5 Å². The maximum atomic E-state index is 11.8. The molecule has 2 N–H and O–H groups in total. The highest BCUT2D eigenvalue weighted by Gasteiger charge is 2.05. The van der Waals surface area contributed by atoms with Crippen molar-refractivity contribution in [2.24, 2.45) is 0 Å². The fraction of sp³-hybridized carbons (Fsp3) is 0.176. The van der Waals surface area contributed by atoms with Gasteiger partial charge in [-0.2, -0.15) is 0 Å². The normalized spacial score (nSPS) is 9.83. The van der Waals surface area contributed by atoms with Gasteiger partial charge in [0.15, 0.2) is 6.61 Å². The second kappa shape index (κ2) is 7.84. The number of nitrogens with zero attached hydrogens (tertiary/aromatic N) is 1. The number of benzene rings is 2. The van der Waals surface area contributed by atoms with Crippen LogP contribution in [0.25, 0.3) is 0 Å². The Labute approximate surface area is 135 Å². The van der Waals surface area contributed by atoms with E-state index in [1.165, 1.54) is 4.90 Å². The van der Waals surface area contributed by atoms with Crippen molar-refractivity contribution < 1.29 is 14.3 Å². The Morgan fingerprint density at radius 3 is 2.13 bits per heavy atom. The van der Waals surface area contributed by atoms with Crippen LogP contribution in [0.15, 0.2) is 54.6 Å². The molecule has 0 saturated heterocycles. The largest absolute Gasteiger partial charge is 0.484 e. The second-order valence-corrected chi connectivity index (χ2v) is 5.05. The summed E-state index contributed by atoms with van der Waals surface area (Å²) in [5.41, 5.74) is 1.38. The van der Waals surface area contributed by atoms with Crippen molar-refractivity contribution in [3.05, 3.63) is 54.6 Å². The molecule has 120 valence electrons. The van der Waals surface area contributed by atoms with E-state index in [2.05, 4.69) is 10.6 Å². The van der Waals surface area contributed by atoms with Gasteiger partial charge < -0.3 is 20.3 Å². The zero-order chi connectivity index (χ0) is 16.7. The molecule has 6 heteroatoms. The minimum absolute atomic E-state index is 0.0850. The molecule has 0 heterocycles. The van der Waals surface area contributed by atoms with Crippen LogP contribution < -0.4 is 15.4 Å². The zero-order valence-corrected chi connectivity index (χ0v) is 13.1. The van der Waals surface area contributed by atoms with Crippen molar-refractivity contribution in [1.29, 1.82) is 0 Å².